The number of carbonyl (C=O) groups excluding carboxylic acids is 1. The minimum Gasteiger partial charge on any atom is -0.508 e. The summed E-state index contributed by atoms with van der Waals surface area (Å²) in [6, 6.07) is 22.3. The molecule has 0 aliphatic carbocycles. The molecule has 192 valence electrons. The Morgan fingerprint density at radius 1 is 0.973 bits per heavy atom. The van der Waals surface area contributed by atoms with Gasteiger partial charge in [-0.3, -0.25) is 4.79 Å². The highest BCUT2D eigenvalue weighted by Gasteiger charge is 2.20. The van der Waals surface area contributed by atoms with Crippen molar-refractivity contribution in [1.82, 2.24) is 4.98 Å². The van der Waals surface area contributed by atoms with Crippen LogP contribution in [-0.4, -0.2) is 33.0 Å². The van der Waals surface area contributed by atoms with Crippen LogP contribution in [0.15, 0.2) is 83.3 Å². The predicted molar refractivity (Wildman–Crippen MR) is 144 cm³/mol. The zero-order chi connectivity index (χ0) is 26.8. The fourth-order valence-corrected chi connectivity index (χ4v) is 3.77. The summed E-state index contributed by atoms with van der Waals surface area (Å²) in [5, 5.41) is 21.6. The number of para-hydroxylation sites is 1. The number of oxazole rings is 1. The van der Waals surface area contributed by atoms with Crippen LogP contribution in [0.1, 0.15) is 47.6 Å². The number of aromatic hydroxyl groups is 1. The minimum absolute atomic E-state index is 0.128. The molecular formula is C30H32N2O5. The third-order valence-corrected chi connectivity index (χ3v) is 5.71. The lowest BCUT2D eigenvalue weighted by Gasteiger charge is -2.17. The zero-order valence-electron chi connectivity index (χ0n) is 21.3. The Hall–Kier alpha value is -4.39. The zero-order valence-corrected chi connectivity index (χ0v) is 21.3. The van der Waals surface area contributed by atoms with Gasteiger partial charge in [-0.1, -0.05) is 55.8 Å². The summed E-state index contributed by atoms with van der Waals surface area (Å²) in [5.74, 6) is 0.668. The van der Waals surface area contributed by atoms with Gasteiger partial charge in [0.05, 0.1) is 5.69 Å². The summed E-state index contributed by atoms with van der Waals surface area (Å²) in [6.07, 6.45) is 2.33. The smallest absolute Gasteiger partial charge is 0.326 e. The quantitative estimate of drug-likeness (QED) is 0.231. The second-order valence-electron chi connectivity index (χ2n) is 8.65. The number of anilines is 1. The first-order valence-corrected chi connectivity index (χ1v) is 12.2. The number of hydrogen-bond donors (Lipinski definition) is 3. The van der Waals surface area contributed by atoms with E-state index >= 15 is 0 Å². The van der Waals surface area contributed by atoms with Gasteiger partial charge in [-0.05, 0) is 62.2 Å². The van der Waals surface area contributed by atoms with Crippen molar-refractivity contribution in [2.45, 2.75) is 46.1 Å². The van der Waals surface area contributed by atoms with Crippen LogP contribution in [0, 0.1) is 6.92 Å². The van der Waals surface area contributed by atoms with E-state index < -0.39 is 12.0 Å². The van der Waals surface area contributed by atoms with Crippen molar-refractivity contribution in [2.75, 3.05) is 5.32 Å². The fraction of sp³-hybridized carbons (Fsp3) is 0.233. The number of aliphatic carboxylic acids is 1. The minimum atomic E-state index is -1.01. The number of rotatable bonds is 9. The normalized spacial score (nSPS) is 11.2. The van der Waals surface area contributed by atoms with Crippen LogP contribution in [0.3, 0.4) is 0 Å². The van der Waals surface area contributed by atoms with Gasteiger partial charge in [-0.2, -0.15) is 0 Å². The first-order valence-electron chi connectivity index (χ1n) is 12.2. The number of aryl methyl sites for hydroxylation is 2. The molecule has 4 rings (SSSR count). The third-order valence-electron chi connectivity index (χ3n) is 5.71. The van der Waals surface area contributed by atoms with Crippen LogP contribution in [0.2, 0.25) is 0 Å². The van der Waals surface area contributed by atoms with Crippen molar-refractivity contribution in [3.8, 4) is 17.2 Å². The highest BCUT2D eigenvalue weighted by atomic mass is 16.4. The second-order valence-corrected chi connectivity index (χ2v) is 8.65. The van der Waals surface area contributed by atoms with Gasteiger partial charge in [0, 0.05) is 23.2 Å². The Balaban J connectivity index is 0.000000220. The molecule has 0 fully saturated rings. The van der Waals surface area contributed by atoms with Gasteiger partial charge in [0.15, 0.2) is 5.78 Å². The van der Waals surface area contributed by atoms with Gasteiger partial charge in [-0.25, -0.2) is 9.78 Å². The number of carbonyl (C=O) groups is 2. The summed E-state index contributed by atoms with van der Waals surface area (Å²) < 4.78 is 5.64. The summed E-state index contributed by atoms with van der Waals surface area (Å²) >= 11 is 0. The maximum atomic E-state index is 11.6. The Labute approximate surface area is 216 Å². The number of nitrogens with one attached hydrogen (secondary N) is 1. The van der Waals surface area contributed by atoms with E-state index in [4.69, 9.17) is 4.42 Å². The summed E-state index contributed by atoms with van der Waals surface area (Å²) in [7, 11) is 0. The average molecular weight is 501 g/mol. The van der Waals surface area contributed by atoms with Gasteiger partial charge in [-0.15, -0.1) is 0 Å². The topological polar surface area (TPSA) is 113 Å². The molecule has 4 aromatic rings. The average Bonchev–Trinajstić information content (AvgIpc) is 3.26. The number of phenols is 1. The number of Topliss-reactive ketones (excluding diaryl/α,β-unsaturated/α-hetero) is 1. The molecule has 0 saturated heterocycles. The van der Waals surface area contributed by atoms with Crippen molar-refractivity contribution in [1.29, 1.82) is 0 Å². The molecule has 3 aromatic carbocycles. The van der Waals surface area contributed by atoms with E-state index in [-0.39, 0.29) is 18.0 Å². The summed E-state index contributed by atoms with van der Waals surface area (Å²) in [4.78, 5) is 27.6. The van der Waals surface area contributed by atoms with E-state index in [2.05, 4.69) is 17.2 Å². The lowest BCUT2D eigenvalue weighted by atomic mass is 10.0. The molecule has 0 aliphatic heterocycles. The van der Waals surface area contributed by atoms with Crippen molar-refractivity contribution < 1.29 is 24.2 Å². The SMILES string of the molecule is CC(=O)c1ccccc1NC(Cc1ccc(O)cc1)C(=O)O.CCCc1nc(-c2ccccc2)oc1C. The Morgan fingerprint density at radius 2 is 1.62 bits per heavy atom. The number of carboxylic acids is 1. The first-order chi connectivity index (χ1) is 17.8. The summed E-state index contributed by atoms with van der Waals surface area (Å²) in [6.45, 7) is 5.57. The molecule has 1 heterocycles. The number of phenolic OH excluding ortho intramolecular Hbond substituents is 1. The predicted octanol–water partition coefficient (Wildman–Crippen LogP) is 6.31. The largest absolute Gasteiger partial charge is 0.508 e. The van der Waals surface area contributed by atoms with Gasteiger partial charge in [0.2, 0.25) is 5.89 Å². The van der Waals surface area contributed by atoms with Gasteiger partial charge in [0.25, 0.3) is 0 Å². The van der Waals surface area contributed by atoms with Crippen LogP contribution in [-0.2, 0) is 17.6 Å². The molecule has 7 heteroatoms. The van der Waals surface area contributed by atoms with Gasteiger partial charge >= 0.3 is 5.97 Å². The first kappa shape index (κ1) is 27.2. The molecule has 0 saturated carbocycles. The van der Waals surface area contributed by atoms with Crippen LogP contribution in [0.25, 0.3) is 11.5 Å². The van der Waals surface area contributed by atoms with E-state index in [1.807, 2.05) is 37.3 Å². The molecule has 1 aromatic heterocycles. The molecule has 1 unspecified atom stereocenters. The number of nitrogens with zero attached hydrogens (tertiary/aromatic N) is 1. The molecule has 3 N–H and O–H groups in total. The molecule has 37 heavy (non-hydrogen) atoms. The van der Waals surface area contributed by atoms with Crippen molar-refractivity contribution in [3.63, 3.8) is 0 Å². The highest BCUT2D eigenvalue weighted by Crippen LogP contribution is 2.22. The molecule has 1 atom stereocenters. The molecular weight excluding hydrogens is 468 g/mol. The number of benzene rings is 3. The molecule has 0 aliphatic rings. The van der Waals surface area contributed by atoms with Crippen molar-refractivity contribution in [3.05, 3.63) is 101 Å². The number of hydrogen-bond acceptors (Lipinski definition) is 6. The Kier molecular flexibility index (Phi) is 9.61. The van der Waals surface area contributed by atoms with E-state index in [0.29, 0.717) is 11.3 Å². The fourth-order valence-electron chi connectivity index (χ4n) is 3.77. The van der Waals surface area contributed by atoms with E-state index in [0.717, 1.165) is 41.3 Å². The monoisotopic (exact) mass is 500 g/mol. The lowest BCUT2D eigenvalue weighted by Crippen LogP contribution is -2.32. The maximum Gasteiger partial charge on any atom is 0.326 e. The summed E-state index contributed by atoms with van der Waals surface area (Å²) in [5.41, 5.74) is 3.86. The van der Waals surface area contributed by atoms with Gasteiger partial charge < -0.3 is 19.9 Å². The standard InChI is InChI=1S/C17H17NO4.C13H15NO/c1-11(19)14-4-2-3-5-15(14)18-16(17(21)22)10-12-6-8-13(20)9-7-12;1-3-7-12-10(2)15-13(14-12)11-8-5-4-6-9-11/h2-9,16,18,20H,10H2,1H3,(H,21,22);4-6,8-9H,3,7H2,1-2H3. The number of ketones is 1. The van der Waals surface area contributed by atoms with Crippen LogP contribution in [0.4, 0.5) is 5.69 Å². The molecule has 0 spiro atoms. The van der Waals surface area contributed by atoms with Crippen molar-refractivity contribution >= 4 is 17.4 Å². The molecule has 0 bridgehead atoms. The third kappa shape index (κ3) is 7.80. The van der Waals surface area contributed by atoms with Gasteiger partial charge in [0.1, 0.15) is 17.6 Å². The number of carboxylic acid groups (broad SMARTS) is 1. The Bertz CT molecular complexity index is 1310. The lowest BCUT2D eigenvalue weighted by molar-refractivity contribution is -0.137. The molecule has 0 radical (unpaired) electrons. The molecule has 0 amide bonds. The van der Waals surface area contributed by atoms with Crippen LogP contribution in [0.5, 0.6) is 5.75 Å². The van der Waals surface area contributed by atoms with E-state index in [9.17, 15) is 19.8 Å². The van der Waals surface area contributed by atoms with E-state index in [1.54, 1.807) is 36.4 Å². The number of aromatic nitrogens is 1. The second kappa shape index (κ2) is 13.1. The van der Waals surface area contributed by atoms with Crippen molar-refractivity contribution in [2.24, 2.45) is 0 Å². The maximum absolute atomic E-state index is 11.6. The Morgan fingerprint density at radius 3 is 2.24 bits per heavy atom. The highest BCUT2D eigenvalue weighted by molar-refractivity contribution is 6.00. The van der Waals surface area contributed by atoms with Crippen LogP contribution < -0.4 is 5.32 Å². The molecule has 7 nitrogen and oxygen atoms in total. The van der Waals surface area contributed by atoms with E-state index in [1.165, 1.54) is 19.1 Å². The van der Waals surface area contributed by atoms with Crippen LogP contribution >= 0.6 is 0 Å².